The van der Waals surface area contributed by atoms with Crippen molar-refractivity contribution in [3.63, 3.8) is 0 Å². The van der Waals surface area contributed by atoms with Crippen LogP contribution in [0.3, 0.4) is 0 Å². The normalized spacial score (nSPS) is 10.1. The smallest absolute Gasteiger partial charge is 0.139 e. The molecular formula is C10H13IO3. The molecule has 0 heterocycles. The molecule has 0 spiro atoms. The van der Waals surface area contributed by atoms with Gasteiger partial charge in [0.25, 0.3) is 0 Å². The van der Waals surface area contributed by atoms with E-state index in [9.17, 15) is 0 Å². The van der Waals surface area contributed by atoms with Crippen LogP contribution in [0, 0.1) is 10.5 Å². The maximum absolute atomic E-state index is 9.13. The van der Waals surface area contributed by atoms with Crippen LogP contribution in [-0.2, 0) is 6.61 Å². The third-order valence-electron chi connectivity index (χ3n) is 2.09. The zero-order valence-corrected chi connectivity index (χ0v) is 10.6. The van der Waals surface area contributed by atoms with Crippen molar-refractivity contribution < 1.29 is 14.6 Å². The molecule has 0 fully saturated rings. The van der Waals surface area contributed by atoms with E-state index in [4.69, 9.17) is 14.6 Å². The summed E-state index contributed by atoms with van der Waals surface area (Å²) in [6.45, 7) is 1.92. The maximum Gasteiger partial charge on any atom is 0.139 e. The highest BCUT2D eigenvalue weighted by Crippen LogP contribution is 2.35. The molecule has 1 aromatic carbocycles. The van der Waals surface area contributed by atoms with Gasteiger partial charge in [-0.15, -0.1) is 0 Å². The van der Waals surface area contributed by atoms with Gasteiger partial charge in [0.2, 0.25) is 0 Å². The second-order valence-corrected chi connectivity index (χ2v) is 3.95. The van der Waals surface area contributed by atoms with E-state index in [0.717, 1.165) is 26.2 Å². The van der Waals surface area contributed by atoms with E-state index < -0.39 is 0 Å². The molecule has 4 heteroatoms. The summed E-state index contributed by atoms with van der Waals surface area (Å²) in [5.41, 5.74) is 1.78. The van der Waals surface area contributed by atoms with Crippen LogP contribution in [0.5, 0.6) is 11.5 Å². The van der Waals surface area contributed by atoms with Crippen LogP contribution < -0.4 is 9.47 Å². The highest BCUT2D eigenvalue weighted by molar-refractivity contribution is 14.1. The second kappa shape index (κ2) is 4.84. The zero-order valence-electron chi connectivity index (χ0n) is 8.43. The zero-order chi connectivity index (χ0) is 10.7. The third kappa shape index (κ3) is 1.95. The summed E-state index contributed by atoms with van der Waals surface area (Å²) in [4.78, 5) is 0. The molecule has 0 aliphatic heterocycles. The fourth-order valence-corrected chi connectivity index (χ4v) is 2.27. The van der Waals surface area contributed by atoms with Crippen molar-refractivity contribution in [2.24, 2.45) is 0 Å². The number of aliphatic hydroxyl groups is 1. The molecule has 14 heavy (non-hydrogen) atoms. The molecule has 0 saturated heterocycles. The van der Waals surface area contributed by atoms with Gasteiger partial charge in [0.1, 0.15) is 11.5 Å². The molecule has 1 aromatic rings. The molecule has 0 unspecified atom stereocenters. The Bertz CT molecular complexity index is 308. The molecule has 0 radical (unpaired) electrons. The van der Waals surface area contributed by atoms with Crippen LogP contribution in [0.1, 0.15) is 11.1 Å². The molecule has 1 N–H and O–H groups in total. The molecule has 0 aliphatic rings. The van der Waals surface area contributed by atoms with Crippen LogP contribution in [-0.4, -0.2) is 19.3 Å². The summed E-state index contributed by atoms with van der Waals surface area (Å²) in [5.74, 6) is 1.51. The lowest BCUT2D eigenvalue weighted by molar-refractivity contribution is 0.278. The summed E-state index contributed by atoms with van der Waals surface area (Å²) in [7, 11) is 3.22. The summed E-state index contributed by atoms with van der Waals surface area (Å²) < 4.78 is 11.4. The number of halogens is 1. The van der Waals surface area contributed by atoms with Crippen molar-refractivity contribution in [2.45, 2.75) is 13.5 Å². The van der Waals surface area contributed by atoms with Gasteiger partial charge >= 0.3 is 0 Å². The summed E-state index contributed by atoms with van der Waals surface area (Å²) in [6.07, 6.45) is 0. The minimum absolute atomic E-state index is 0.00866. The predicted octanol–water partition coefficient (Wildman–Crippen LogP) is 2.11. The SMILES string of the molecule is COc1cc(CO)c(I)c(OC)c1C. The van der Waals surface area contributed by atoms with Crippen LogP contribution in [0.25, 0.3) is 0 Å². The fraction of sp³-hybridized carbons (Fsp3) is 0.400. The van der Waals surface area contributed by atoms with E-state index in [1.807, 2.05) is 13.0 Å². The summed E-state index contributed by atoms with van der Waals surface area (Å²) in [5, 5.41) is 9.13. The van der Waals surface area contributed by atoms with Gasteiger partial charge in [-0.1, -0.05) is 0 Å². The van der Waals surface area contributed by atoms with Crippen LogP contribution in [0.4, 0.5) is 0 Å². The lowest BCUT2D eigenvalue weighted by Crippen LogP contribution is -1.99. The lowest BCUT2D eigenvalue weighted by atomic mass is 10.1. The molecule has 78 valence electrons. The average molecular weight is 308 g/mol. The number of hydrogen-bond donors (Lipinski definition) is 1. The van der Waals surface area contributed by atoms with E-state index in [0.29, 0.717) is 0 Å². The van der Waals surface area contributed by atoms with Crippen LogP contribution >= 0.6 is 22.6 Å². The summed E-state index contributed by atoms with van der Waals surface area (Å²) >= 11 is 2.16. The number of rotatable bonds is 3. The summed E-state index contributed by atoms with van der Waals surface area (Å²) in [6, 6.07) is 1.83. The van der Waals surface area contributed by atoms with Crippen molar-refractivity contribution >= 4 is 22.6 Å². The van der Waals surface area contributed by atoms with Crippen molar-refractivity contribution in [2.75, 3.05) is 14.2 Å². The van der Waals surface area contributed by atoms with Crippen molar-refractivity contribution in [1.82, 2.24) is 0 Å². The number of methoxy groups -OCH3 is 2. The predicted molar refractivity (Wildman–Crippen MR) is 62.9 cm³/mol. The molecule has 0 amide bonds. The number of benzene rings is 1. The first-order valence-electron chi connectivity index (χ1n) is 4.16. The van der Waals surface area contributed by atoms with Crippen LogP contribution in [0.15, 0.2) is 6.07 Å². The Morgan fingerprint density at radius 2 is 2.00 bits per heavy atom. The molecule has 0 aromatic heterocycles. The molecule has 0 bridgehead atoms. The fourth-order valence-electron chi connectivity index (χ4n) is 1.32. The van der Waals surface area contributed by atoms with E-state index >= 15 is 0 Å². The Labute approximate surface area is 97.2 Å². The Kier molecular flexibility index (Phi) is 4.00. The van der Waals surface area contributed by atoms with Gasteiger partial charge in [-0.2, -0.15) is 0 Å². The first kappa shape index (κ1) is 11.6. The first-order valence-corrected chi connectivity index (χ1v) is 5.24. The van der Waals surface area contributed by atoms with Gasteiger partial charge in [0.05, 0.1) is 24.4 Å². The topological polar surface area (TPSA) is 38.7 Å². The average Bonchev–Trinajstić information content (AvgIpc) is 2.19. The van der Waals surface area contributed by atoms with E-state index in [1.54, 1.807) is 14.2 Å². The lowest BCUT2D eigenvalue weighted by Gasteiger charge is -2.14. The van der Waals surface area contributed by atoms with Gasteiger partial charge in [-0.25, -0.2) is 0 Å². The van der Waals surface area contributed by atoms with Gasteiger partial charge in [-0.3, -0.25) is 0 Å². The van der Waals surface area contributed by atoms with Crippen molar-refractivity contribution in [3.8, 4) is 11.5 Å². The van der Waals surface area contributed by atoms with E-state index in [-0.39, 0.29) is 6.61 Å². The molecule has 3 nitrogen and oxygen atoms in total. The standard InChI is InChI=1S/C10H13IO3/c1-6-8(13-2)4-7(5-12)9(11)10(6)14-3/h4,12H,5H2,1-3H3. The van der Waals surface area contributed by atoms with Crippen LogP contribution in [0.2, 0.25) is 0 Å². The van der Waals surface area contributed by atoms with Crippen molar-refractivity contribution in [1.29, 1.82) is 0 Å². The maximum atomic E-state index is 9.13. The Hall–Kier alpha value is -0.490. The minimum atomic E-state index is -0.00866. The third-order valence-corrected chi connectivity index (χ3v) is 3.27. The molecule has 1 rings (SSSR count). The Morgan fingerprint density at radius 3 is 2.43 bits per heavy atom. The number of hydrogen-bond acceptors (Lipinski definition) is 3. The second-order valence-electron chi connectivity index (χ2n) is 2.87. The number of aliphatic hydroxyl groups excluding tert-OH is 1. The number of ether oxygens (including phenoxy) is 2. The van der Waals surface area contributed by atoms with Gasteiger partial charge < -0.3 is 14.6 Å². The molecule has 0 aliphatic carbocycles. The first-order chi connectivity index (χ1) is 6.65. The van der Waals surface area contributed by atoms with Gasteiger partial charge in [0, 0.05) is 5.56 Å². The largest absolute Gasteiger partial charge is 0.496 e. The van der Waals surface area contributed by atoms with E-state index in [1.165, 1.54) is 0 Å². The quantitative estimate of drug-likeness (QED) is 0.869. The van der Waals surface area contributed by atoms with Gasteiger partial charge in [0.15, 0.2) is 0 Å². The molecule has 0 saturated carbocycles. The molecular weight excluding hydrogens is 295 g/mol. The highest BCUT2D eigenvalue weighted by Gasteiger charge is 2.13. The molecule has 0 atom stereocenters. The minimum Gasteiger partial charge on any atom is -0.496 e. The highest BCUT2D eigenvalue weighted by atomic mass is 127. The Balaban J connectivity index is 3.39. The van der Waals surface area contributed by atoms with E-state index in [2.05, 4.69) is 22.6 Å². The van der Waals surface area contributed by atoms with Gasteiger partial charge in [-0.05, 0) is 41.1 Å². The monoisotopic (exact) mass is 308 g/mol. The Morgan fingerprint density at radius 1 is 1.36 bits per heavy atom. The van der Waals surface area contributed by atoms with Crippen molar-refractivity contribution in [3.05, 3.63) is 20.8 Å².